The lowest BCUT2D eigenvalue weighted by atomic mass is 10.1. The number of aryl methyl sites for hydroxylation is 1. The van der Waals surface area contributed by atoms with Gasteiger partial charge in [-0.3, -0.25) is 4.90 Å². The molecule has 0 bridgehead atoms. The third-order valence-electron chi connectivity index (χ3n) is 4.48. The van der Waals surface area contributed by atoms with Crippen LogP contribution < -0.4 is 15.4 Å². The quantitative estimate of drug-likeness (QED) is 0.495. The molecule has 1 fully saturated rings. The molecule has 6 nitrogen and oxygen atoms in total. The van der Waals surface area contributed by atoms with E-state index in [0.29, 0.717) is 17.4 Å². The van der Waals surface area contributed by atoms with Gasteiger partial charge >= 0.3 is 6.61 Å². The van der Waals surface area contributed by atoms with Crippen molar-refractivity contribution in [3.05, 3.63) is 29.3 Å². The number of hydrogen-bond donors (Lipinski definition) is 2. The number of benzene rings is 1. The summed E-state index contributed by atoms with van der Waals surface area (Å²) in [4.78, 5) is 6.95. The molecule has 0 saturated carbocycles. The van der Waals surface area contributed by atoms with Crippen molar-refractivity contribution in [3.63, 3.8) is 0 Å². The minimum Gasteiger partial charge on any atom is -0.434 e. The molecule has 2 rings (SSSR count). The average molecular weight is 398 g/mol. The van der Waals surface area contributed by atoms with Crippen LogP contribution >= 0.6 is 0 Å². The van der Waals surface area contributed by atoms with Crippen molar-refractivity contribution in [2.75, 3.05) is 45.9 Å². The molecular formula is C20H32F2N4O2. The summed E-state index contributed by atoms with van der Waals surface area (Å²) < 4.78 is 35.3. The average Bonchev–Trinajstić information content (AvgIpc) is 2.66. The van der Waals surface area contributed by atoms with Crippen molar-refractivity contribution >= 4 is 5.96 Å². The second-order valence-corrected chi connectivity index (χ2v) is 7.08. The molecule has 2 N–H and O–H groups in total. The highest BCUT2D eigenvalue weighted by Gasteiger charge is 2.14. The summed E-state index contributed by atoms with van der Waals surface area (Å²) in [6.07, 6.45) is 0. The number of guanidine groups is 1. The topological polar surface area (TPSA) is 58.1 Å². The predicted molar refractivity (Wildman–Crippen MR) is 107 cm³/mol. The highest BCUT2D eigenvalue weighted by Crippen LogP contribution is 2.22. The van der Waals surface area contributed by atoms with Gasteiger partial charge in [-0.05, 0) is 25.8 Å². The van der Waals surface area contributed by atoms with Crippen LogP contribution in [-0.2, 0) is 11.3 Å². The Kier molecular flexibility index (Phi) is 9.43. The lowest BCUT2D eigenvalue weighted by Gasteiger charge is -2.29. The predicted octanol–water partition coefficient (Wildman–Crippen LogP) is 2.62. The zero-order valence-corrected chi connectivity index (χ0v) is 17.0. The van der Waals surface area contributed by atoms with Gasteiger partial charge in [-0.25, -0.2) is 4.99 Å². The van der Waals surface area contributed by atoms with Crippen molar-refractivity contribution in [1.82, 2.24) is 15.5 Å². The normalized spacial score (nSPS) is 16.9. The summed E-state index contributed by atoms with van der Waals surface area (Å²) in [5.41, 5.74) is 1.61. The number of nitrogens with one attached hydrogen (secondary N) is 2. The number of ether oxygens (including phenoxy) is 2. The maximum absolute atomic E-state index is 12.6. The van der Waals surface area contributed by atoms with E-state index in [2.05, 4.69) is 32.2 Å². The molecule has 1 aliphatic heterocycles. The Balaban J connectivity index is 1.93. The number of hydrogen-bond acceptors (Lipinski definition) is 4. The Morgan fingerprint density at radius 1 is 1.29 bits per heavy atom. The molecule has 1 aromatic rings. The maximum atomic E-state index is 12.6. The van der Waals surface area contributed by atoms with Gasteiger partial charge in [0.25, 0.3) is 0 Å². The summed E-state index contributed by atoms with van der Waals surface area (Å²) >= 11 is 0. The summed E-state index contributed by atoms with van der Waals surface area (Å²) in [7, 11) is 0. The van der Waals surface area contributed by atoms with E-state index in [1.807, 2.05) is 19.9 Å². The number of rotatable bonds is 9. The molecular weight excluding hydrogens is 366 g/mol. The molecule has 0 spiro atoms. The van der Waals surface area contributed by atoms with Gasteiger partial charge in [-0.1, -0.05) is 24.6 Å². The van der Waals surface area contributed by atoms with Gasteiger partial charge in [0.15, 0.2) is 5.96 Å². The fraction of sp³-hybridized carbons (Fsp3) is 0.650. The van der Waals surface area contributed by atoms with Crippen LogP contribution in [0.1, 0.15) is 25.0 Å². The summed E-state index contributed by atoms with van der Waals surface area (Å²) in [6, 6.07) is 5.14. The van der Waals surface area contributed by atoms with E-state index in [0.717, 1.165) is 51.5 Å². The van der Waals surface area contributed by atoms with E-state index in [9.17, 15) is 8.78 Å². The van der Waals surface area contributed by atoms with Crippen molar-refractivity contribution in [3.8, 4) is 5.75 Å². The van der Waals surface area contributed by atoms with Crippen LogP contribution in [0.25, 0.3) is 0 Å². The lowest BCUT2D eigenvalue weighted by Crippen LogP contribution is -2.44. The van der Waals surface area contributed by atoms with Crippen LogP contribution in [0.2, 0.25) is 0 Å². The summed E-state index contributed by atoms with van der Waals surface area (Å²) in [5, 5.41) is 6.55. The molecule has 0 amide bonds. The zero-order chi connectivity index (χ0) is 20.4. The fourth-order valence-electron chi connectivity index (χ4n) is 3.11. The highest BCUT2D eigenvalue weighted by molar-refractivity contribution is 5.79. The smallest absolute Gasteiger partial charge is 0.387 e. The fourth-order valence-corrected chi connectivity index (χ4v) is 3.11. The Labute approximate surface area is 166 Å². The largest absolute Gasteiger partial charge is 0.434 e. The lowest BCUT2D eigenvalue weighted by molar-refractivity contribution is -0.0504. The monoisotopic (exact) mass is 398 g/mol. The number of alkyl halides is 2. The van der Waals surface area contributed by atoms with E-state index < -0.39 is 6.61 Å². The Morgan fingerprint density at radius 2 is 2.04 bits per heavy atom. The van der Waals surface area contributed by atoms with E-state index in [1.165, 1.54) is 0 Å². The van der Waals surface area contributed by atoms with Crippen LogP contribution in [-0.4, -0.2) is 63.4 Å². The molecule has 1 atom stereocenters. The first-order valence-electron chi connectivity index (χ1n) is 9.84. The molecule has 158 valence electrons. The van der Waals surface area contributed by atoms with Gasteiger partial charge in [0.2, 0.25) is 0 Å². The molecule has 0 aromatic heterocycles. The first kappa shape index (κ1) is 22.4. The number of aliphatic imine (C=N–C) groups is 1. The molecule has 0 radical (unpaired) electrons. The Morgan fingerprint density at radius 3 is 2.71 bits per heavy atom. The second-order valence-electron chi connectivity index (χ2n) is 7.08. The van der Waals surface area contributed by atoms with Crippen LogP contribution in [0.3, 0.4) is 0 Å². The summed E-state index contributed by atoms with van der Waals surface area (Å²) in [5.74, 6) is 1.28. The molecule has 1 saturated heterocycles. The molecule has 8 heteroatoms. The maximum Gasteiger partial charge on any atom is 0.387 e. The van der Waals surface area contributed by atoms with Gasteiger partial charge < -0.3 is 20.1 Å². The first-order chi connectivity index (χ1) is 13.5. The van der Waals surface area contributed by atoms with Gasteiger partial charge in [-0.15, -0.1) is 0 Å². The van der Waals surface area contributed by atoms with Crippen molar-refractivity contribution in [1.29, 1.82) is 0 Å². The Bertz CT molecular complexity index is 622. The van der Waals surface area contributed by atoms with Crippen molar-refractivity contribution < 1.29 is 18.3 Å². The molecule has 0 aliphatic carbocycles. The van der Waals surface area contributed by atoms with E-state index in [-0.39, 0.29) is 12.3 Å². The highest BCUT2D eigenvalue weighted by atomic mass is 19.3. The van der Waals surface area contributed by atoms with Crippen molar-refractivity contribution in [2.24, 2.45) is 10.9 Å². The van der Waals surface area contributed by atoms with Crippen molar-refractivity contribution in [2.45, 2.75) is 33.9 Å². The van der Waals surface area contributed by atoms with E-state index >= 15 is 0 Å². The molecule has 1 unspecified atom stereocenters. The zero-order valence-electron chi connectivity index (χ0n) is 17.0. The standard InChI is InChI=1S/C20H32F2N4O2/c1-4-23-20(24-12-16(3)14-26-7-9-27-10-8-26)25-13-17-11-15(2)5-6-18(17)28-19(21)22/h5-6,11,16,19H,4,7-10,12-14H2,1-3H3,(H2,23,24,25). The molecule has 28 heavy (non-hydrogen) atoms. The first-order valence-corrected chi connectivity index (χ1v) is 9.84. The van der Waals surface area contributed by atoms with Gasteiger partial charge in [0.05, 0.1) is 19.8 Å². The number of halogens is 2. The minimum absolute atomic E-state index is 0.167. The van der Waals surface area contributed by atoms with Gasteiger partial charge in [-0.2, -0.15) is 8.78 Å². The van der Waals surface area contributed by atoms with Gasteiger partial charge in [0.1, 0.15) is 5.75 Å². The SMILES string of the molecule is CCNC(=NCc1cc(C)ccc1OC(F)F)NCC(C)CN1CCOCC1. The van der Waals surface area contributed by atoms with E-state index in [1.54, 1.807) is 12.1 Å². The number of morpholine rings is 1. The molecule has 1 heterocycles. The molecule has 1 aliphatic rings. The van der Waals surface area contributed by atoms with Gasteiger partial charge in [0, 0.05) is 38.3 Å². The van der Waals surface area contributed by atoms with E-state index in [4.69, 9.17) is 4.74 Å². The minimum atomic E-state index is -2.85. The number of nitrogens with zero attached hydrogens (tertiary/aromatic N) is 2. The van der Waals surface area contributed by atoms with Crippen LogP contribution in [0.5, 0.6) is 5.75 Å². The third kappa shape index (κ3) is 7.98. The van der Waals surface area contributed by atoms with Crippen LogP contribution in [0, 0.1) is 12.8 Å². The van der Waals surface area contributed by atoms with Crippen LogP contribution in [0.15, 0.2) is 23.2 Å². The second kappa shape index (κ2) is 11.8. The Hall–Kier alpha value is -1.93. The third-order valence-corrected chi connectivity index (χ3v) is 4.48. The summed E-state index contributed by atoms with van der Waals surface area (Å²) in [6.45, 7) is 9.54. The molecule has 1 aromatic carbocycles. The van der Waals surface area contributed by atoms with Crippen LogP contribution in [0.4, 0.5) is 8.78 Å².